The van der Waals surface area contributed by atoms with E-state index in [9.17, 15) is 0 Å². The van der Waals surface area contributed by atoms with Crippen LogP contribution in [0, 0.1) is 5.92 Å². The minimum atomic E-state index is 0.497. The summed E-state index contributed by atoms with van der Waals surface area (Å²) >= 11 is 12.1. The summed E-state index contributed by atoms with van der Waals surface area (Å²) in [7, 11) is 0. The molecule has 1 saturated heterocycles. The fourth-order valence-electron chi connectivity index (χ4n) is 2.73. The van der Waals surface area contributed by atoms with Gasteiger partial charge in [-0.1, -0.05) is 23.2 Å². The van der Waals surface area contributed by atoms with Crippen molar-refractivity contribution in [3.05, 3.63) is 28.2 Å². The van der Waals surface area contributed by atoms with Crippen LogP contribution in [-0.4, -0.2) is 25.2 Å². The SMILES string of the molecule is CC1CNC(C2CC2)CN1c1ccc(Cl)c(Cl)c1. The van der Waals surface area contributed by atoms with Gasteiger partial charge < -0.3 is 10.2 Å². The second-order valence-corrected chi connectivity index (χ2v) is 6.27. The largest absolute Gasteiger partial charge is 0.366 e. The molecule has 98 valence electrons. The highest BCUT2D eigenvalue weighted by atomic mass is 35.5. The second-order valence-electron chi connectivity index (χ2n) is 5.45. The first-order chi connectivity index (χ1) is 8.65. The first kappa shape index (κ1) is 12.6. The van der Waals surface area contributed by atoms with Crippen LogP contribution in [0.3, 0.4) is 0 Å². The average molecular weight is 285 g/mol. The van der Waals surface area contributed by atoms with Crippen molar-refractivity contribution >= 4 is 28.9 Å². The van der Waals surface area contributed by atoms with Crippen LogP contribution in [0.5, 0.6) is 0 Å². The molecule has 2 aliphatic rings. The molecule has 1 aliphatic carbocycles. The smallest absolute Gasteiger partial charge is 0.0612 e. The molecule has 1 aromatic carbocycles. The molecule has 0 amide bonds. The highest BCUT2D eigenvalue weighted by Gasteiger charge is 2.36. The minimum Gasteiger partial charge on any atom is -0.366 e. The summed E-state index contributed by atoms with van der Waals surface area (Å²) in [5.74, 6) is 0.878. The topological polar surface area (TPSA) is 15.3 Å². The number of rotatable bonds is 2. The molecule has 2 unspecified atom stereocenters. The van der Waals surface area contributed by atoms with E-state index in [4.69, 9.17) is 23.2 Å². The van der Waals surface area contributed by atoms with Gasteiger partial charge in [0.2, 0.25) is 0 Å². The number of hydrogen-bond acceptors (Lipinski definition) is 2. The van der Waals surface area contributed by atoms with Gasteiger partial charge in [0.1, 0.15) is 0 Å². The van der Waals surface area contributed by atoms with Crippen LogP contribution < -0.4 is 10.2 Å². The molecule has 0 bridgehead atoms. The lowest BCUT2D eigenvalue weighted by Crippen LogP contribution is -2.56. The maximum Gasteiger partial charge on any atom is 0.0612 e. The summed E-state index contributed by atoms with van der Waals surface area (Å²) in [5.41, 5.74) is 1.18. The zero-order chi connectivity index (χ0) is 12.7. The fraction of sp³-hybridized carbons (Fsp3) is 0.571. The first-order valence-corrected chi connectivity index (χ1v) is 7.36. The third-order valence-corrected chi connectivity index (χ3v) is 4.77. The van der Waals surface area contributed by atoms with E-state index in [1.54, 1.807) is 0 Å². The van der Waals surface area contributed by atoms with Gasteiger partial charge in [-0.15, -0.1) is 0 Å². The molecule has 1 N–H and O–H groups in total. The van der Waals surface area contributed by atoms with Crippen molar-refractivity contribution in [2.45, 2.75) is 31.8 Å². The van der Waals surface area contributed by atoms with Crippen LogP contribution >= 0.6 is 23.2 Å². The Hall–Kier alpha value is -0.440. The number of hydrogen-bond donors (Lipinski definition) is 1. The van der Waals surface area contributed by atoms with Gasteiger partial charge in [-0.25, -0.2) is 0 Å². The molecule has 0 spiro atoms. The summed E-state index contributed by atoms with van der Waals surface area (Å²) < 4.78 is 0. The zero-order valence-corrected chi connectivity index (χ0v) is 12.0. The molecule has 4 heteroatoms. The van der Waals surface area contributed by atoms with Crippen molar-refractivity contribution in [2.24, 2.45) is 5.92 Å². The van der Waals surface area contributed by atoms with Crippen LogP contribution in [0.4, 0.5) is 5.69 Å². The molecular weight excluding hydrogens is 267 g/mol. The number of piperazine rings is 1. The van der Waals surface area contributed by atoms with Crippen LogP contribution in [0.2, 0.25) is 10.0 Å². The third kappa shape index (κ3) is 2.47. The second kappa shape index (κ2) is 4.92. The molecule has 0 radical (unpaired) electrons. The molecule has 18 heavy (non-hydrogen) atoms. The van der Waals surface area contributed by atoms with E-state index in [0.717, 1.165) is 19.0 Å². The number of halogens is 2. The van der Waals surface area contributed by atoms with Crippen molar-refractivity contribution in [3.8, 4) is 0 Å². The van der Waals surface area contributed by atoms with Gasteiger partial charge in [-0.05, 0) is 43.9 Å². The Kier molecular flexibility index (Phi) is 3.44. The summed E-state index contributed by atoms with van der Waals surface area (Å²) in [6, 6.07) is 7.07. The molecule has 2 fully saturated rings. The van der Waals surface area contributed by atoms with Crippen molar-refractivity contribution < 1.29 is 0 Å². The van der Waals surface area contributed by atoms with Crippen LogP contribution in [0.15, 0.2) is 18.2 Å². The fourth-order valence-corrected chi connectivity index (χ4v) is 3.02. The Balaban J connectivity index is 1.81. The molecule has 1 heterocycles. The van der Waals surface area contributed by atoms with Crippen LogP contribution in [-0.2, 0) is 0 Å². The van der Waals surface area contributed by atoms with Crippen molar-refractivity contribution in [2.75, 3.05) is 18.0 Å². The summed E-state index contributed by atoms with van der Waals surface area (Å²) in [5, 5.41) is 4.92. The van der Waals surface area contributed by atoms with Gasteiger partial charge in [0.05, 0.1) is 10.0 Å². The predicted octanol–water partition coefficient (Wildman–Crippen LogP) is 3.57. The maximum atomic E-state index is 6.12. The highest BCUT2D eigenvalue weighted by molar-refractivity contribution is 6.42. The van der Waals surface area contributed by atoms with E-state index < -0.39 is 0 Å². The Labute approximate surface area is 118 Å². The van der Waals surface area contributed by atoms with Gasteiger partial charge in [0.25, 0.3) is 0 Å². The Bertz CT molecular complexity index is 445. The molecule has 2 atom stereocenters. The third-order valence-electron chi connectivity index (χ3n) is 4.03. The highest BCUT2D eigenvalue weighted by Crippen LogP contribution is 2.36. The zero-order valence-electron chi connectivity index (χ0n) is 10.5. The summed E-state index contributed by atoms with van der Waals surface area (Å²) in [6.45, 7) is 4.36. The van der Waals surface area contributed by atoms with Crippen LogP contribution in [0.25, 0.3) is 0 Å². The van der Waals surface area contributed by atoms with Crippen LogP contribution in [0.1, 0.15) is 19.8 Å². The predicted molar refractivity (Wildman–Crippen MR) is 77.8 cm³/mol. The van der Waals surface area contributed by atoms with E-state index in [2.05, 4.69) is 23.2 Å². The minimum absolute atomic E-state index is 0.497. The molecule has 3 rings (SSSR count). The lowest BCUT2D eigenvalue weighted by Gasteiger charge is -2.40. The lowest BCUT2D eigenvalue weighted by molar-refractivity contribution is 0.376. The molecule has 1 aromatic rings. The molecule has 1 saturated carbocycles. The Morgan fingerprint density at radius 1 is 1.22 bits per heavy atom. The van der Waals surface area contributed by atoms with Crippen molar-refractivity contribution in [1.82, 2.24) is 5.32 Å². The van der Waals surface area contributed by atoms with Gasteiger partial charge in [-0.2, -0.15) is 0 Å². The number of nitrogens with one attached hydrogen (secondary N) is 1. The molecule has 1 aliphatic heterocycles. The van der Waals surface area contributed by atoms with Crippen molar-refractivity contribution in [3.63, 3.8) is 0 Å². The van der Waals surface area contributed by atoms with Crippen molar-refractivity contribution in [1.29, 1.82) is 0 Å². The maximum absolute atomic E-state index is 6.12. The van der Waals surface area contributed by atoms with Gasteiger partial charge >= 0.3 is 0 Å². The first-order valence-electron chi connectivity index (χ1n) is 6.60. The number of benzene rings is 1. The Morgan fingerprint density at radius 3 is 2.67 bits per heavy atom. The monoisotopic (exact) mass is 284 g/mol. The molecule has 0 aromatic heterocycles. The Morgan fingerprint density at radius 2 is 2.00 bits per heavy atom. The van der Waals surface area contributed by atoms with Gasteiger partial charge in [0.15, 0.2) is 0 Å². The lowest BCUT2D eigenvalue weighted by atomic mass is 10.1. The standard InChI is InChI=1S/C14H18Cl2N2/c1-9-7-17-14(10-2-3-10)8-18(9)11-4-5-12(15)13(16)6-11/h4-6,9-10,14,17H,2-3,7-8H2,1H3. The van der Waals surface area contributed by atoms with E-state index in [0.29, 0.717) is 22.1 Å². The number of nitrogens with zero attached hydrogens (tertiary/aromatic N) is 1. The van der Waals surface area contributed by atoms with Gasteiger partial charge in [0, 0.05) is 30.9 Å². The van der Waals surface area contributed by atoms with E-state index in [1.807, 2.05) is 12.1 Å². The summed E-state index contributed by atoms with van der Waals surface area (Å²) in [4.78, 5) is 2.45. The van der Waals surface area contributed by atoms with E-state index >= 15 is 0 Å². The molecule has 2 nitrogen and oxygen atoms in total. The normalized spacial score (nSPS) is 28.5. The van der Waals surface area contributed by atoms with Gasteiger partial charge in [-0.3, -0.25) is 0 Å². The summed E-state index contributed by atoms with van der Waals surface area (Å²) in [6.07, 6.45) is 2.75. The molecular formula is C14H18Cl2N2. The van der Waals surface area contributed by atoms with E-state index in [-0.39, 0.29) is 0 Å². The average Bonchev–Trinajstić information content (AvgIpc) is 3.18. The van der Waals surface area contributed by atoms with E-state index in [1.165, 1.54) is 18.5 Å². The quantitative estimate of drug-likeness (QED) is 0.893. The number of anilines is 1.